The number of thioether (sulfide) groups is 1. The summed E-state index contributed by atoms with van der Waals surface area (Å²) in [6.45, 7) is 2.41. The van der Waals surface area contributed by atoms with Crippen LogP contribution in [0.1, 0.15) is 12.5 Å². The molecule has 1 heterocycles. The van der Waals surface area contributed by atoms with Crippen LogP contribution in [-0.4, -0.2) is 21.1 Å². The van der Waals surface area contributed by atoms with Gasteiger partial charge in [0.2, 0.25) is 5.91 Å². The van der Waals surface area contributed by atoms with Gasteiger partial charge in [0.05, 0.1) is 22.5 Å². The van der Waals surface area contributed by atoms with E-state index in [-0.39, 0.29) is 11.2 Å². The Labute approximate surface area is 139 Å². The van der Waals surface area contributed by atoms with E-state index in [4.69, 9.17) is 0 Å². The number of nitrogens with zero attached hydrogens (tertiary/aromatic N) is 2. The van der Waals surface area contributed by atoms with Crippen molar-refractivity contribution in [2.75, 3.05) is 0 Å². The second-order valence-electron chi connectivity index (χ2n) is 5.16. The van der Waals surface area contributed by atoms with Gasteiger partial charge in [0, 0.05) is 6.54 Å². The average molecular weight is 323 g/mol. The average Bonchev–Trinajstić information content (AvgIpc) is 2.60. The number of rotatable bonds is 5. The summed E-state index contributed by atoms with van der Waals surface area (Å²) in [6, 6.07) is 17.6. The fourth-order valence-electron chi connectivity index (χ4n) is 2.16. The number of carbonyl (C=O) groups excluding carboxylic acids is 1. The highest BCUT2D eigenvalue weighted by atomic mass is 32.2. The van der Waals surface area contributed by atoms with Crippen molar-refractivity contribution in [1.82, 2.24) is 15.3 Å². The second kappa shape index (κ2) is 7.24. The summed E-state index contributed by atoms with van der Waals surface area (Å²) in [6.07, 6.45) is 1.72. The Morgan fingerprint density at radius 1 is 1.09 bits per heavy atom. The number of para-hydroxylation sites is 2. The van der Waals surface area contributed by atoms with E-state index in [1.54, 1.807) is 6.20 Å². The maximum absolute atomic E-state index is 12.2. The monoisotopic (exact) mass is 323 g/mol. The Bertz CT molecular complexity index is 807. The molecule has 0 saturated heterocycles. The molecule has 0 aliphatic rings. The molecule has 1 amide bonds. The lowest BCUT2D eigenvalue weighted by Gasteiger charge is -2.11. The number of carbonyl (C=O) groups is 1. The van der Waals surface area contributed by atoms with Crippen molar-refractivity contribution in [2.45, 2.75) is 23.7 Å². The molecular formula is C18H17N3OS. The molecule has 3 aromatic rings. The molecule has 1 N–H and O–H groups in total. The van der Waals surface area contributed by atoms with Gasteiger partial charge in [-0.3, -0.25) is 9.78 Å². The van der Waals surface area contributed by atoms with E-state index >= 15 is 0 Å². The number of aromatic nitrogens is 2. The molecule has 116 valence electrons. The predicted molar refractivity (Wildman–Crippen MR) is 93.1 cm³/mol. The molecule has 0 saturated carbocycles. The fraction of sp³-hybridized carbons (Fsp3) is 0.167. The van der Waals surface area contributed by atoms with Crippen LogP contribution >= 0.6 is 11.8 Å². The van der Waals surface area contributed by atoms with Gasteiger partial charge in [0.15, 0.2) is 0 Å². The molecule has 5 heteroatoms. The topological polar surface area (TPSA) is 54.9 Å². The molecule has 23 heavy (non-hydrogen) atoms. The minimum Gasteiger partial charge on any atom is -0.351 e. The molecule has 4 nitrogen and oxygen atoms in total. The van der Waals surface area contributed by atoms with Crippen LogP contribution in [0.3, 0.4) is 0 Å². The van der Waals surface area contributed by atoms with Crippen molar-refractivity contribution < 1.29 is 4.79 Å². The second-order valence-corrected chi connectivity index (χ2v) is 6.52. The molecule has 0 aliphatic carbocycles. The Balaban J connectivity index is 1.60. The number of fused-ring (bicyclic) bond motifs is 1. The summed E-state index contributed by atoms with van der Waals surface area (Å²) in [5.74, 6) is -0.00573. The highest BCUT2D eigenvalue weighted by molar-refractivity contribution is 8.00. The lowest BCUT2D eigenvalue weighted by atomic mass is 10.2. The normalized spacial score (nSPS) is 12.0. The van der Waals surface area contributed by atoms with Gasteiger partial charge in [-0.1, -0.05) is 54.2 Å². The third kappa shape index (κ3) is 4.07. The van der Waals surface area contributed by atoms with Gasteiger partial charge in [-0.15, -0.1) is 0 Å². The summed E-state index contributed by atoms with van der Waals surface area (Å²) in [7, 11) is 0. The van der Waals surface area contributed by atoms with E-state index in [0.717, 1.165) is 21.6 Å². The molecule has 0 radical (unpaired) electrons. The molecule has 0 spiro atoms. The minimum atomic E-state index is -0.228. The molecule has 0 unspecified atom stereocenters. The highest BCUT2D eigenvalue weighted by Gasteiger charge is 2.15. The van der Waals surface area contributed by atoms with E-state index < -0.39 is 0 Å². The predicted octanol–water partition coefficient (Wildman–Crippen LogP) is 3.43. The van der Waals surface area contributed by atoms with Crippen LogP contribution in [0.2, 0.25) is 0 Å². The van der Waals surface area contributed by atoms with Gasteiger partial charge < -0.3 is 5.32 Å². The lowest BCUT2D eigenvalue weighted by Crippen LogP contribution is -2.30. The van der Waals surface area contributed by atoms with Crippen LogP contribution in [0.15, 0.2) is 65.8 Å². The van der Waals surface area contributed by atoms with E-state index in [2.05, 4.69) is 15.3 Å². The molecule has 3 rings (SSSR count). The molecule has 2 aromatic carbocycles. The van der Waals surface area contributed by atoms with Crippen LogP contribution in [-0.2, 0) is 11.3 Å². The number of hydrogen-bond donors (Lipinski definition) is 1. The quantitative estimate of drug-likeness (QED) is 0.731. The van der Waals surface area contributed by atoms with E-state index in [1.807, 2.05) is 61.5 Å². The third-order valence-electron chi connectivity index (χ3n) is 3.40. The molecule has 1 atom stereocenters. The van der Waals surface area contributed by atoms with Gasteiger partial charge in [0.1, 0.15) is 5.03 Å². The Hall–Kier alpha value is -2.40. The molecule has 0 bridgehead atoms. The van der Waals surface area contributed by atoms with E-state index in [0.29, 0.717) is 6.54 Å². The van der Waals surface area contributed by atoms with Crippen LogP contribution in [0.4, 0.5) is 0 Å². The highest BCUT2D eigenvalue weighted by Crippen LogP contribution is 2.22. The summed E-state index contributed by atoms with van der Waals surface area (Å²) < 4.78 is 0. The van der Waals surface area contributed by atoms with Gasteiger partial charge in [0.25, 0.3) is 0 Å². The van der Waals surface area contributed by atoms with Gasteiger partial charge >= 0.3 is 0 Å². The summed E-state index contributed by atoms with van der Waals surface area (Å²) in [5.41, 5.74) is 2.79. The zero-order valence-corrected chi connectivity index (χ0v) is 13.6. The standard InChI is InChI=1S/C18H17N3OS/c1-13(18(22)20-11-14-7-3-2-4-8-14)23-17-12-19-15-9-5-6-10-16(15)21-17/h2-10,12-13H,11H2,1H3,(H,20,22)/t13-/m1/s1. The van der Waals surface area contributed by atoms with Gasteiger partial charge in [-0.25, -0.2) is 4.98 Å². The van der Waals surface area contributed by atoms with Crippen molar-refractivity contribution in [2.24, 2.45) is 0 Å². The summed E-state index contributed by atoms with van der Waals surface area (Å²) >= 11 is 1.42. The zero-order valence-electron chi connectivity index (χ0n) is 12.8. The van der Waals surface area contributed by atoms with Gasteiger partial charge in [-0.2, -0.15) is 0 Å². The SMILES string of the molecule is C[C@@H](Sc1cnc2ccccc2n1)C(=O)NCc1ccccc1. The first-order valence-electron chi connectivity index (χ1n) is 7.42. The number of amides is 1. The molecule has 0 aliphatic heterocycles. The third-order valence-corrected chi connectivity index (χ3v) is 4.41. The number of hydrogen-bond acceptors (Lipinski definition) is 4. The Morgan fingerprint density at radius 2 is 1.78 bits per heavy atom. The van der Waals surface area contributed by atoms with Crippen LogP contribution < -0.4 is 5.32 Å². The maximum atomic E-state index is 12.2. The van der Waals surface area contributed by atoms with Crippen LogP contribution in [0.25, 0.3) is 11.0 Å². The first-order valence-corrected chi connectivity index (χ1v) is 8.30. The first-order chi connectivity index (χ1) is 11.2. The van der Waals surface area contributed by atoms with Gasteiger partial charge in [-0.05, 0) is 24.6 Å². The Kier molecular flexibility index (Phi) is 4.88. The van der Waals surface area contributed by atoms with Crippen LogP contribution in [0, 0.1) is 0 Å². The van der Waals surface area contributed by atoms with E-state index in [1.165, 1.54) is 11.8 Å². The van der Waals surface area contributed by atoms with Crippen molar-refractivity contribution >= 4 is 28.7 Å². The number of benzene rings is 2. The smallest absolute Gasteiger partial charge is 0.233 e. The maximum Gasteiger partial charge on any atom is 0.233 e. The van der Waals surface area contributed by atoms with Crippen molar-refractivity contribution in [1.29, 1.82) is 0 Å². The van der Waals surface area contributed by atoms with E-state index in [9.17, 15) is 4.79 Å². The van der Waals surface area contributed by atoms with Crippen molar-refractivity contribution in [3.63, 3.8) is 0 Å². The first kappa shape index (κ1) is 15.5. The molecule has 0 fully saturated rings. The Morgan fingerprint density at radius 3 is 2.57 bits per heavy atom. The van der Waals surface area contributed by atoms with Crippen LogP contribution in [0.5, 0.6) is 0 Å². The van der Waals surface area contributed by atoms with Crippen molar-refractivity contribution in [3.05, 3.63) is 66.4 Å². The fourth-order valence-corrected chi connectivity index (χ4v) is 2.98. The number of nitrogens with one attached hydrogen (secondary N) is 1. The molecular weight excluding hydrogens is 306 g/mol. The van der Waals surface area contributed by atoms with Crippen molar-refractivity contribution in [3.8, 4) is 0 Å². The minimum absolute atomic E-state index is 0.00573. The lowest BCUT2D eigenvalue weighted by molar-refractivity contribution is -0.120. The zero-order chi connectivity index (χ0) is 16.1. The summed E-state index contributed by atoms with van der Waals surface area (Å²) in [4.78, 5) is 21.1. The summed E-state index contributed by atoms with van der Waals surface area (Å²) in [5, 5.41) is 3.48. The molecule has 1 aromatic heterocycles. The largest absolute Gasteiger partial charge is 0.351 e.